The van der Waals surface area contributed by atoms with Crippen LogP contribution in [0.1, 0.15) is 10.5 Å². The van der Waals surface area contributed by atoms with E-state index in [1.54, 1.807) is 36.2 Å². The van der Waals surface area contributed by atoms with Gasteiger partial charge in [-0.2, -0.15) is 0 Å². The molecule has 20 heavy (non-hydrogen) atoms. The number of methoxy groups -OCH3 is 1. The minimum atomic E-state index is -0.301. The number of aromatic nitrogens is 1. The zero-order valence-electron chi connectivity index (χ0n) is 10.8. The summed E-state index contributed by atoms with van der Waals surface area (Å²) in [7, 11) is 1.59. The molecule has 0 aliphatic carbocycles. The van der Waals surface area contributed by atoms with E-state index in [2.05, 4.69) is 10.3 Å². The molecule has 1 heterocycles. The van der Waals surface area contributed by atoms with Gasteiger partial charge in [-0.25, -0.2) is 4.98 Å². The van der Waals surface area contributed by atoms with Gasteiger partial charge in [-0.3, -0.25) is 4.79 Å². The SMILES string of the molecule is COCCOc1ccc(Cl)cc1NC(=O)c1cscn1. The van der Waals surface area contributed by atoms with E-state index in [4.69, 9.17) is 21.1 Å². The number of anilines is 1. The summed E-state index contributed by atoms with van der Waals surface area (Å²) in [6.07, 6.45) is 0. The zero-order valence-corrected chi connectivity index (χ0v) is 12.3. The molecule has 0 saturated carbocycles. The third-order valence-electron chi connectivity index (χ3n) is 2.40. The molecule has 0 fully saturated rings. The second kappa shape index (κ2) is 7.23. The molecule has 106 valence electrons. The van der Waals surface area contributed by atoms with Crippen molar-refractivity contribution in [3.05, 3.63) is 39.8 Å². The Kier molecular flexibility index (Phi) is 5.34. The number of nitrogens with zero attached hydrogens (tertiary/aromatic N) is 1. The highest BCUT2D eigenvalue weighted by molar-refractivity contribution is 7.07. The molecule has 7 heteroatoms. The minimum Gasteiger partial charge on any atom is -0.489 e. The van der Waals surface area contributed by atoms with Crippen LogP contribution in [0, 0.1) is 0 Å². The molecule has 1 amide bonds. The number of hydrogen-bond donors (Lipinski definition) is 1. The second-order valence-corrected chi connectivity index (χ2v) is 4.96. The molecule has 2 rings (SSSR count). The van der Waals surface area contributed by atoms with Crippen LogP contribution in [0.4, 0.5) is 5.69 Å². The van der Waals surface area contributed by atoms with Crippen molar-refractivity contribution in [3.8, 4) is 5.75 Å². The third-order valence-corrected chi connectivity index (χ3v) is 3.22. The largest absolute Gasteiger partial charge is 0.489 e. The van der Waals surface area contributed by atoms with Gasteiger partial charge in [0.25, 0.3) is 5.91 Å². The standard InChI is InChI=1S/C13H13ClN2O3S/c1-18-4-5-19-12-3-2-9(14)6-10(12)16-13(17)11-7-20-8-15-11/h2-3,6-8H,4-5H2,1H3,(H,16,17). The molecule has 1 N–H and O–H groups in total. The van der Waals surface area contributed by atoms with Gasteiger partial charge in [0.15, 0.2) is 0 Å². The Morgan fingerprint density at radius 2 is 2.30 bits per heavy atom. The van der Waals surface area contributed by atoms with Gasteiger partial charge in [-0.15, -0.1) is 11.3 Å². The van der Waals surface area contributed by atoms with Gasteiger partial charge >= 0.3 is 0 Å². The number of nitrogens with one attached hydrogen (secondary N) is 1. The predicted molar refractivity (Wildman–Crippen MR) is 78.9 cm³/mol. The molecule has 0 unspecified atom stereocenters. The minimum absolute atomic E-state index is 0.301. The Morgan fingerprint density at radius 3 is 3.00 bits per heavy atom. The van der Waals surface area contributed by atoms with Crippen molar-refractivity contribution >= 4 is 34.5 Å². The van der Waals surface area contributed by atoms with E-state index >= 15 is 0 Å². The summed E-state index contributed by atoms with van der Waals surface area (Å²) in [4.78, 5) is 15.9. The number of halogens is 1. The van der Waals surface area contributed by atoms with Crippen LogP contribution in [-0.2, 0) is 4.74 Å². The number of carbonyl (C=O) groups excluding carboxylic acids is 1. The lowest BCUT2D eigenvalue weighted by Crippen LogP contribution is -2.14. The van der Waals surface area contributed by atoms with Crippen LogP contribution in [-0.4, -0.2) is 31.2 Å². The average molecular weight is 313 g/mol. The summed E-state index contributed by atoms with van der Waals surface area (Å²) in [6.45, 7) is 0.847. The Morgan fingerprint density at radius 1 is 1.45 bits per heavy atom. The Bertz CT molecular complexity index is 575. The lowest BCUT2D eigenvalue weighted by Gasteiger charge is -2.12. The molecule has 0 spiro atoms. The molecule has 0 aliphatic rings. The highest BCUT2D eigenvalue weighted by Gasteiger charge is 2.12. The predicted octanol–water partition coefficient (Wildman–Crippen LogP) is 3.07. The molecule has 0 aliphatic heterocycles. The van der Waals surface area contributed by atoms with E-state index in [-0.39, 0.29) is 5.91 Å². The topological polar surface area (TPSA) is 60.5 Å². The number of hydrogen-bond acceptors (Lipinski definition) is 5. The van der Waals surface area contributed by atoms with Crippen LogP contribution in [0.25, 0.3) is 0 Å². The fraction of sp³-hybridized carbons (Fsp3) is 0.231. The third kappa shape index (κ3) is 3.93. The summed E-state index contributed by atoms with van der Waals surface area (Å²) in [5.74, 6) is 0.236. The zero-order chi connectivity index (χ0) is 14.4. The molecule has 0 bridgehead atoms. The summed E-state index contributed by atoms with van der Waals surface area (Å²) in [5, 5.41) is 4.92. The molecule has 1 aromatic carbocycles. The van der Waals surface area contributed by atoms with Gasteiger partial charge < -0.3 is 14.8 Å². The molecule has 5 nitrogen and oxygen atoms in total. The molecule has 1 aromatic heterocycles. The maximum absolute atomic E-state index is 12.0. The Balaban J connectivity index is 2.12. The average Bonchev–Trinajstić information content (AvgIpc) is 2.95. The maximum Gasteiger partial charge on any atom is 0.275 e. The quantitative estimate of drug-likeness (QED) is 0.833. The van der Waals surface area contributed by atoms with Gasteiger partial charge in [0.2, 0.25) is 0 Å². The normalized spacial score (nSPS) is 10.3. The fourth-order valence-electron chi connectivity index (χ4n) is 1.47. The van der Waals surface area contributed by atoms with Crippen molar-refractivity contribution in [1.29, 1.82) is 0 Å². The van der Waals surface area contributed by atoms with E-state index in [1.165, 1.54) is 11.3 Å². The highest BCUT2D eigenvalue weighted by Crippen LogP contribution is 2.28. The van der Waals surface area contributed by atoms with Crippen molar-refractivity contribution in [1.82, 2.24) is 4.98 Å². The Hall–Kier alpha value is -1.63. The number of amides is 1. The number of carbonyl (C=O) groups is 1. The molecule has 0 atom stereocenters. The Labute approximate surface area is 125 Å². The number of ether oxygens (including phenoxy) is 2. The van der Waals surface area contributed by atoms with Crippen LogP contribution in [0.5, 0.6) is 5.75 Å². The van der Waals surface area contributed by atoms with E-state index in [9.17, 15) is 4.79 Å². The van der Waals surface area contributed by atoms with Crippen LogP contribution >= 0.6 is 22.9 Å². The first kappa shape index (κ1) is 14.8. The second-order valence-electron chi connectivity index (χ2n) is 3.81. The summed E-state index contributed by atoms with van der Waals surface area (Å²) in [5.41, 5.74) is 2.47. The molecule has 0 saturated heterocycles. The van der Waals surface area contributed by atoms with Crippen molar-refractivity contribution < 1.29 is 14.3 Å². The molecule has 0 radical (unpaired) electrons. The van der Waals surface area contributed by atoms with Gasteiger partial charge in [0.1, 0.15) is 18.1 Å². The molecular formula is C13H13ClN2O3S. The molecule has 2 aromatic rings. The van der Waals surface area contributed by atoms with Crippen molar-refractivity contribution in [3.63, 3.8) is 0 Å². The molecular weight excluding hydrogens is 300 g/mol. The van der Waals surface area contributed by atoms with Gasteiger partial charge in [0.05, 0.1) is 17.8 Å². The van der Waals surface area contributed by atoms with Crippen molar-refractivity contribution in [2.75, 3.05) is 25.6 Å². The van der Waals surface area contributed by atoms with Crippen LogP contribution in [0.15, 0.2) is 29.1 Å². The smallest absolute Gasteiger partial charge is 0.275 e. The van der Waals surface area contributed by atoms with Crippen LogP contribution in [0.2, 0.25) is 5.02 Å². The number of thiazole rings is 1. The monoisotopic (exact) mass is 312 g/mol. The van der Waals surface area contributed by atoms with E-state index in [0.29, 0.717) is 35.4 Å². The van der Waals surface area contributed by atoms with Gasteiger partial charge in [0, 0.05) is 17.5 Å². The van der Waals surface area contributed by atoms with Crippen LogP contribution < -0.4 is 10.1 Å². The first-order valence-corrected chi connectivity index (χ1v) is 7.13. The summed E-state index contributed by atoms with van der Waals surface area (Å²) < 4.78 is 10.5. The summed E-state index contributed by atoms with van der Waals surface area (Å²) >= 11 is 7.30. The fourth-order valence-corrected chi connectivity index (χ4v) is 2.18. The van der Waals surface area contributed by atoms with E-state index in [1.807, 2.05) is 0 Å². The van der Waals surface area contributed by atoms with E-state index in [0.717, 1.165) is 0 Å². The first-order chi connectivity index (χ1) is 9.70. The van der Waals surface area contributed by atoms with Crippen molar-refractivity contribution in [2.24, 2.45) is 0 Å². The maximum atomic E-state index is 12.0. The van der Waals surface area contributed by atoms with Crippen molar-refractivity contribution in [2.45, 2.75) is 0 Å². The number of benzene rings is 1. The first-order valence-electron chi connectivity index (χ1n) is 5.81. The van der Waals surface area contributed by atoms with Crippen LogP contribution in [0.3, 0.4) is 0 Å². The van der Waals surface area contributed by atoms with E-state index < -0.39 is 0 Å². The van der Waals surface area contributed by atoms with Gasteiger partial charge in [-0.1, -0.05) is 11.6 Å². The lowest BCUT2D eigenvalue weighted by molar-refractivity contribution is 0.102. The van der Waals surface area contributed by atoms with Gasteiger partial charge in [-0.05, 0) is 18.2 Å². The number of rotatable bonds is 6. The highest BCUT2D eigenvalue weighted by atomic mass is 35.5. The summed E-state index contributed by atoms with van der Waals surface area (Å²) in [6, 6.07) is 5.03. The lowest BCUT2D eigenvalue weighted by atomic mass is 10.3.